The molecule has 0 nitrogen and oxygen atoms in total. The van der Waals surface area contributed by atoms with Crippen LogP contribution in [-0.4, -0.2) is 4.75 Å². The van der Waals surface area contributed by atoms with Crippen LogP contribution in [0.2, 0.25) is 0 Å². The van der Waals surface area contributed by atoms with Gasteiger partial charge in [0.2, 0.25) is 0 Å². The van der Waals surface area contributed by atoms with Gasteiger partial charge >= 0.3 is 0 Å². The molecule has 0 unspecified atom stereocenters. The Balaban J connectivity index is 4.25. The first-order valence-corrected chi connectivity index (χ1v) is 5.59. The van der Waals surface area contributed by atoms with Gasteiger partial charge in [-0.25, -0.2) is 0 Å². The summed E-state index contributed by atoms with van der Waals surface area (Å²) in [6.45, 7) is 16.0. The zero-order valence-corrected chi connectivity index (χ0v) is 11.3. The summed E-state index contributed by atoms with van der Waals surface area (Å²) in [6.07, 6.45) is 2.42. The molecule has 0 amide bonds. The van der Waals surface area contributed by atoms with E-state index >= 15 is 0 Å². The zero-order valence-electron chi connectivity index (χ0n) is 10.4. The molecule has 0 heterocycles. The molecule has 0 fully saturated rings. The van der Waals surface area contributed by atoms with Crippen molar-refractivity contribution in [2.24, 2.45) is 10.8 Å². The van der Waals surface area contributed by atoms with E-state index in [0.29, 0.717) is 10.8 Å². The molecule has 0 saturated heterocycles. The van der Waals surface area contributed by atoms with Crippen molar-refractivity contribution in [3.05, 3.63) is 0 Å². The number of thiol groups is 1. The molecule has 0 bridgehead atoms. The van der Waals surface area contributed by atoms with E-state index < -0.39 is 0 Å². The molecule has 0 atom stereocenters. The van der Waals surface area contributed by atoms with E-state index in [1.165, 1.54) is 12.8 Å². The standard InChI is InChI=1S/C12H26S/c1-10(2,3)8-11(4,5)9-12(6,7)13/h13H,8-9H2,1-7H3. The highest BCUT2D eigenvalue weighted by Gasteiger charge is 2.30. The van der Waals surface area contributed by atoms with Gasteiger partial charge in [-0.3, -0.25) is 0 Å². The van der Waals surface area contributed by atoms with Crippen LogP contribution in [0, 0.1) is 10.8 Å². The summed E-state index contributed by atoms with van der Waals surface area (Å²) in [5.41, 5.74) is 0.812. The van der Waals surface area contributed by atoms with Crippen LogP contribution in [0.1, 0.15) is 61.3 Å². The molecule has 0 rings (SSSR count). The van der Waals surface area contributed by atoms with Crippen molar-refractivity contribution >= 4 is 12.6 Å². The van der Waals surface area contributed by atoms with Crippen molar-refractivity contribution in [2.45, 2.75) is 66.1 Å². The third kappa shape index (κ3) is 8.67. The molecule has 0 aromatic heterocycles. The molecule has 0 aliphatic heterocycles. The third-order valence-electron chi connectivity index (χ3n) is 1.92. The minimum absolute atomic E-state index is 0.148. The number of hydrogen-bond donors (Lipinski definition) is 1. The molecule has 0 N–H and O–H groups in total. The summed E-state index contributed by atoms with van der Waals surface area (Å²) >= 11 is 4.60. The monoisotopic (exact) mass is 202 g/mol. The molecular formula is C12H26S. The van der Waals surface area contributed by atoms with Crippen LogP contribution in [0.15, 0.2) is 0 Å². The van der Waals surface area contributed by atoms with Crippen molar-refractivity contribution < 1.29 is 0 Å². The lowest BCUT2D eigenvalue weighted by atomic mass is 9.72. The second kappa shape index (κ2) is 3.84. The van der Waals surface area contributed by atoms with Gasteiger partial charge in [-0.05, 0) is 23.7 Å². The Kier molecular flexibility index (Phi) is 3.95. The highest BCUT2D eigenvalue weighted by Crippen LogP contribution is 2.40. The molecule has 0 aromatic carbocycles. The van der Waals surface area contributed by atoms with Gasteiger partial charge in [0.15, 0.2) is 0 Å². The third-order valence-corrected chi connectivity index (χ3v) is 2.08. The van der Waals surface area contributed by atoms with Crippen LogP contribution in [0.5, 0.6) is 0 Å². The molecule has 0 aliphatic rings. The fourth-order valence-corrected chi connectivity index (χ4v) is 3.10. The highest BCUT2D eigenvalue weighted by molar-refractivity contribution is 7.81. The Morgan fingerprint density at radius 2 is 1.15 bits per heavy atom. The summed E-state index contributed by atoms with van der Waals surface area (Å²) in [7, 11) is 0. The minimum Gasteiger partial charge on any atom is -0.173 e. The van der Waals surface area contributed by atoms with E-state index in [0.717, 1.165) is 0 Å². The predicted octanol–water partition coefficient (Wildman–Crippen LogP) is 4.55. The van der Waals surface area contributed by atoms with E-state index in [1.54, 1.807) is 0 Å². The second-order valence-electron chi connectivity index (χ2n) is 6.89. The van der Waals surface area contributed by atoms with Gasteiger partial charge in [-0.2, -0.15) is 12.6 Å². The lowest BCUT2D eigenvalue weighted by Crippen LogP contribution is -2.27. The maximum Gasteiger partial charge on any atom is 0.00782 e. The Morgan fingerprint density at radius 3 is 1.38 bits per heavy atom. The average molecular weight is 202 g/mol. The molecule has 0 aliphatic carbocycles. The van der Waals surface area contributed by atoms with E-state index in [2.05, 4.69) is 61.1 Å². The minimum atomic E-state index is 0.148. The fraction of sp³-hybridized carbons (Fsp3) is 1.00. The van der Waals surface area contributed by atoms with Gasteiger partial charge in [0, 0.05) is 4.75 Å². The summed E-state index contributed by atoms with van der Waals surface area (Å²) in [5, 5.41) is 0. The molecular weight excluding hydrogens is 176 g/mol. The van der Waals surface area contributed by atoms with E-state index in [1.807, 2.05) is 0 Å². The Labute approximate surface area is 89.9 Å². The largest absolute Gasteiger partial charge is 0.173 e. The van der Waals surface area contributed by atoms with Crippen LogP contribution in [-0.2, 0) is 0 Å². The Bertz CT molecular complexity index is 137. The van der Waals surface area contributed by atoms with Crippen LogP contribution in [0.25, 0.3) is 0 Å². The lowest BCUT2D eigenvalue weighted by molar-refractivity contribution is 0.187. The predicted molar refractivity (Wildman–Crippen MR) is 65.5 cm³/mol. The molecule has 13 heavy (non-hydrogen) atoms. The first-order chi connectivity index (χ1) is 5.41. The molecule has 80 valence electrons. The van der Waals surface area contributed by atoms with Crippen molar-refractivity contribution in [2.75, 3.05) is 0 Å². The van der Waals surface area contributed by atoms with Crippen LogP contribution in [0.4, 0.5) is 0 Å². The van der Waals surface area contributed by atoms with Gasteiger partial charge in [0.25, 0.3) is 0 Å². The van der Waals surface area contributed by atoms with E-state index in [-0.39, 0.29) is 4.75 Å². The smallest absolute Gasteiger partial charge is 0.00782 e. The van der Waals surface area contributed by atoms with Gasteiger partial charge in [0.1, 0.15) is 0 Å². The van der Waals surface area contributed by atoms with Crippen LogP contribution < -0.4 is 0 Å². The van der Waals surface area contributed by atoms with Crippen molar-refractivity contribution in [1.29, 1.82) is 0 Å². The Morgan fingerprint density at radius 1 is 0.769 bits per heavy atom. The molecule has 1 heteroatoms. The maximum atomic E-state index is 4.60. The van der Waals surface area contributed by atoms with Gasteiger partial charge in [-0.15, -0.1) is 0 Å². The van der Waals surface area contributed by atoms with Crippen molar-refractivity contribution in [1.82, 2.24) is 0 Å². The molecule has 0 radical (unpaired) electrons. The molecule has 0 saturated carbocycles. The average Bonchev–Trinajstić information content (AvgIpc) is 1.43. The zero-order chi connectivity index (χ0) is 10.9. The van der Waals surface area contributed by atoms with Crippen molar-refractivity contribution in [3.63, 3.8) is 0 Å². The number of rotatable bonds is 3. The summed E-state index contributed by atoms with van der Waals surface area (Å²) in [5.74, 6) is 0. The maximum absolute atomic E-state index is 4.60. The lowest BCUT2D eigenvalue weighted by Gasteiger charge is -2.36. The Hall–Kier alpha value is 0.350. The van der Waals surface area contributed by atoms with E-state index in [4.69, 9.17) is 0 Å². The first kappa shape index (κ1) is 13.4. The van der Waals surface area contributed by atoms with E-state index in [9.17, 15) is 0 Å². The SMILES string of the molecule is CC(C)(C)CC(C)(C)CC(C)(C)S. The number of hydrogen-bond acceptors (Lipinski definition) is 1. The highest BCUT2D eigenvalue weighted by atomic mass is 32.1. The van der Waals surface area contributed by atoms with Gasteiger partial charge < -0.3 is 0 Å². The quantitative estimate of drug-likeness (QED) is 0.638. The van der Waals surface area contributed by atoms with Gasteiger partial charge in [0.05, 0.1) is 0 Å². The topological polar surface area (TPSA) is 0 Å². The van der Waals surface area contributed by atoms with Crippen LogP contribution in [0.3, 0.4) is 0 Å². The normalized spacial score (nSPS) is 14.8. The van der Waals surface area contributed by atoms with Gasteiger partial charge in [-0.1, -0.05) is 48.5 Å². The van der Waals surface area contributed by atoms with Crippen molar-refractivity contribution in [3.8, 4) is 0 Å². The molecule has 0 spiro atoms. The van der Waals surface area contributed by atoms with Crippen LogP contribution >= 0.6 is 12.6 Å². The summed E-state index contributed by atoms with van der Waals surface area (Å²) in [4.78, 5) is 0. The fourth-order valence-electron chi connectivity index (χ4n) is 2.67. The first-order valence-electron chi connectivity index (χ1n) is 5.14. The summed E-state index contributed by atoms with van der Waals surface area (Å²) < 4.78 is 0.148. The second-order valence-corrected chi connectivity index (χ2v) is 8.10. The molecule has 0 aromatic rings. The summed E-state index contributed by atoms with van der Waals surface area (Å²) in [6, 6.07) is 0.